The van der Waals surface area contributed by atoms with Crippen molar-refractivity contribution in [2.75, 3.05) is 31.2 Å². The number of nitrogens with two attached hydrogens (primary N) is 2. The van der Waals surface area contributed by atoms with Gasteiger partial charge in [-0.25, -0.2) is 18.2 Å². The minimum Gasteiger partial charge on any atom is -0.474 e. The molecule has 248 valence electrons. The van der Waals surface area contributed by atoms with Crippen LogP contribution in [-0.4, -0.2) is 69.4 Å². The highest BCUT2D eigenvalue weighted by Crippen LogP contribution is 2.49. The third-order valence-corrected chi connectivity index (χ3v) is 10.2. The number of nitrogen functional groups attached to an aromatic ring is 2. The minimum atomic E-state index is -5.08. The molecule has 5 heterocycles. The highest BCUT2D eigenvalue weighted by molar-refractivity contribution is 5.95. The van der Waals surface area contributed by atoms with Crippen LogP contribution in [0.15, 0.2) is 12.1 Å². The van der Waals surface area contributed by atoms with Crippen LogP contribution in [0.1, 0.15) is 51.5 Å². The summed E-state index contributed by atoms with van der Waals surface area (Å²) in [4.78, 5) is 14.7. The first-order valence-electron chi connectivity index (χ1n) is 15.6. The van der Waals surface area contributed by atoms with Gasteiger partial charge in [-0.05, 0) is 57.2 Å². The molecule has 3 aromatic rings. The van der Waals surface area contributed by atoms with Gasteiger partial charge in [0.2, 0.25) is 5.88 Å². The Hall–Kier alpha value is -3.59. The fraction of sp³-hybridized carbons (Fsp3) is 0.581. The third kappa shape index (κ3) is 5.15. The normalized spacial score (nSPS) is 29.6. The summed E-state index contributed by atoms with van der Waals surface area (Å²) in [5, 5.41) is 3.42. The maximum absolute atomic E-state index is 16.4. The molecule has 1 aliphatic carbocycles. The number of anilines is 2. The number of ether oxygens (including phenoxy) is 2. The van der Waals surface area contributed by atoms with Gasteiger partial charge in [-0.15, -0.1) is 0 Å². The number of rotatable bonds is 8. The van der Waals surface area contributed by atoms with Crippen LogP contribution in [0.4, 0.5) is 37.8 Å². The SMILES string of the molecule is CC[C@@H]1N[C@H]2CC2[C@@H]1[C@H](C)Oc1nc(-c2cc(N)c(F)cc2C(F)(F)F)c(F)c2nc(OC[C@@]34CCCN3C[C@H](F)C4)nc(N)c12. The Kier molecular flexibility index (Phi) is 7.42. The van der Waals surface area contributed by atoms with Crippen molar-refractivity contribution in [3.05, 3.63) is 29.3 Å². The summed E-state index contributed by atoms with van der Waals surface area (Å²) < 4.78 is 99.7. The van der Waals surface area contributed by atoms with E-state index in [2.05, 4.69) is 20.3 Å². The summed E-state index contributed by atoms with van der Waals surface area (Å²) in [6.45, 7) is 4.88. The molecule has 1 aromatic carbocycles. The van der Waals surface area contributed by atoms with Crippen molar-refractivity contribution in [3.8, 4) is 23.1 Å². The smallest absolute Gasteiger partial charge is 0.417 e. The fourth-order valence-electron chi connectivity index (χ4n) is 7.98. The molecule has 0 radical (unpaired) electrons. The zero-order valence-electron chi connectivity index (χ0n) is 25.3. The molecule has 9 nitrogen and oxygen atoms in total. The lowest BCUT2D eigenvalue weighted by molar-refractivity contribution is -0.137. The topological polar surface area (TPSA) is 124 Å². The van der Waals surface area contributed by atoms with Crippen molar-refractivity contribution in [2.45, 2.75) is 82.0 Å². The van der Waals surface area contributed by atoms with Crippen molar-refractivity contribution >= 4 is 22.4 Å². The Bertz CT molecular complexity index is 1690. The van der Waals surface area contributed by atoms with E-state index in [4.69, 9.17) is 20.9 Å². The molecule has 1 saturated carbocycles. The second-order valence-corrected chi connectivity index (χ2v) is 13.1. The first kappa shape index (κ1) is 31.0. The molecule has 0 bridgehead atoms. The highest BCUT2D eigenvalue weighted by atomic mass is 19.4. The number of pyridine rings is 1. The summed E-state index contributed by atoms with van der Waals surface area (Å²) >= 11 is 0. The monoisotopic (exact) mass is 651 g/mol. The van der Waals surface area contributed by atoms with Crippen LogP contribution in [0.3, 0.4) is 0 Å². The van der Waals surface area contributed by atoms with Gasteiger partial charge in [-0.3, -0.25) is 4.90 Å². The number of piperidine rings is 1. The van der Waals surface area contributed by atoms with E-state index in [1.807, 2.05) is 18.7 Å². The summed E-state index contributed by atoms with van der Waals surface area (Å²) in [7, 11) is 0. The molecule has 5 N–H and O–H groups in total. The Morgan fingerprint density at radius 1 is 1.17 bits per heavy atom. The van der Waals surface area contributed by atoms with Gasteiger partial charge in [0.25, 0.3) is 0 Å². The van der Waals surface area contributed by atoms with E-state index in [9.17, 15) is 22.0 Å². The Morgan fingerprint density at radius 2 is 1.96 bits per heavy atom. The van der Waals surface area contributed by atoms with Crippen LogP contribution in [0.2, 0.25) is 0 Å². The van der Waals surface area contributed by atoms with Crippen LogP contribution in [0, 0.1) is 23.5 Å². The van der Waals surface area contributed by atoms with Crippen LogP contribution in [-0.2, 0) is 6.18 Å². The molecule has 4 aliphatic rings. The van der Waals surface area contributed by atoms with Gasteiger partial charge in [-0.1, -0.05) is 6.92 Å². The van der Waals surface area contributed by atoms with E-state index in [1.165, 1.54) is 0 Å². The maximum Gasteiger partial charge on any atom is 0.417 e. The maximum atomic E-state index is 16.4. The summed E-state index contributed by atoms with van der Waals surface area (Å²) in [5.74, 6) is -2.71. The molecule has 0 spiro atoms. The first-order chi connectivity index (χ1) is 21.8. The molecular formula is C31H35F6N7O2. The summed E-state index contributed by atoms with van der Waals surface area (Å²) in [6.07, 6.45) is -2.98. The van der Waals surface area contributed by atoms with Gasteiger partial charge >= 0.3 is 12.2 Å². The fourth-order valence-corrected chi connectivity index (χ4v) is 7.98. The van der Waals surface area contributed by atoms with Crippen molar-refractivity contribution in [1.82, 2.24) is 25.2 Å². The average molecular weight is 652 g/mol. The van der Waals surface area contributed by atoms with Gasteiger partial charge in [0, 0.05) is 36.5 Å². The van der Waals surface area contributed by atoms with Crippen molar-refractivity contribution in [1.29, 1.82) is 0 Å². The second kappa shape index (κ2) is 11.0. The number of halogens is 6. The van der Waals surface area contributed by atoms with Gasteiger partial charge in [0.15, 0.2) is 5.82 Å². The highest BCUT2D eigenvalue weighted by Gasteiger charge is 2.55. The third-order valence-electron chi connectivity index (χ3n) is 10.2. The summed E-state index contributed by atoms with van der Waals surface area (Å²) in [6, 6.07) is 1.07. The van der Waals surface area contributed by atoms with Crippen LogP contribution in [0.25, 0.3) is 22.2 Å². The quantitative estimate of drug-likeness (QED) is 0.221. The number of aromatic nitrogens is 3. The van der Waals surface area contributed by atoms with Crippen LogP contribution < -0.4 is 26.3 Å². The minimum absolute atomic E-state index is 0.0146. The molecular weight excluding hydrogens is 616 g/mol. The van der Waals surface area contributed by atoms with Crippen molar-refractivity contribution in [3.63, 3.8) is 0 Å². The lowest BCUT2D eigenvalue weighted by Crippen LogP contribution is -2.43. The Balaban J connectivity index is 1.34. The average Bonchev–Trinajstić information content (AvgIpc) is 3.31. The molecule has 7 rings (SSSR count). The molecule has 7 atom stereocenters. The first-order valence-corrected chi connectivity index (χ1v) is 15.6. The molecule has 3 aliphatic heterocycles. The number of benzene rings is 1. The summed E-state index contributed by atoms with van der Waals surface area (Å²) in [5.41, 5.74) is 7.25. The molecule has 0 amide bonds. The molecule has 4 fully saturated rings. The predicted octanol–water partition coefficient (Wildman–Crippen LogP) is 5.26. The largest absolute Gasteiger partial charge is 0.474 e. The van der Waals surface area contributed by atoms with Gasteiger partial charge in [0.05, 0.1) is 16.8 Å². The van der Waals surface area contributed by atoms with Gasteiger partial charge in [0.1, 0.15) is 47.1 Å². The van der Waals surface area contributed by atoms with Gasteiger partial charge < -0.3 is 26.3 Å². The molecule has 3 saturated heterocycles. The van der Waals surface area contributed by atoms with Crippen molar-refractivity contribution < 1.29 is 35.8 Å². The number of fused-ring (bicyclic) bond motifs is 3. The van der Waals surface area contributed by atoms with Crippen LogP contribution >= 0.6 is 0 Å². The number of nitrogens with one attached hydrogen (secondary N) is 1. The standard InChI is InChI=1S/C31H35F6N7O2/c1-3-20-22(16-8-21(16)40-20)13(2)46-28-23-26(24(34)25(41-28)15-7-19(38)18(33)9-17(15)31(35,36)37)42-29(43-27(23)39)45-12-30-5-4-6-44(30)11-14(32)10-30/h7,9,13-14,16,20-22,40H,3-6,8,10-12,38H2,1-2H3,(H2,39,42,43)/t13-,14+,16?,20-,21-,22-,30-/m0/s1. The number of nitrogens with zero attached hydrogens (tertiary/aromatic N) is 4. The Morgan fingerprint density at radius 3 is 2.70 bits per heavy atom. The molecule has 15 heteroatoms. The van der Waals surface area contributed by atoms with Crippen molar-refractivity contribution in [2.24, 2.45) is 11.8 Å². The molecule has 46 heavy (non-hydrogen) atoms. The lowest BCUT2D eigenvalue weighted by Gasteiger charge is -2.30. The van der Waals surface area contributed by atoms with E-state index in [-0.39, 0.29) is 60.7 Å². The zero-order valence-corrected chi connectivity index (χ0v) is 25.3. The predicted molar refractivity (Wildman–Crippen MR) is 158 cm³/mol. The Labute approximate surface area is 261 Å². The number of hydrogen-bond donors (Lipinski definition) is 3. The van der Waals surface area contributed by atoms with E-state index in [0.29, 0.717) is 31.0 Å². The van der Waals surface area contributed by atoms with E-state index in [0.717, 1.165) is 19.3 Å². The lowest BCUT2D eigenvalue weighted by atomic mass is 9.90. The van der Waals surface area contributed by atoms with E-state index in [1.54, 1.807) is 0 Å². The number of alkyl halides is 4. The number of hydrogen-bond acceptors (Lipinski definition) is 9. The second-order valence-electron chi connectivity index (χ2n) is 13.1. The van der Waals surface area contributed by atoms with E-state index >= 15 is 4.39 Å². The van der Waals surface area contributed by atoms with Gasteiger partial charge in [-0.2, -0.15) is 23.1 Å². The van der Waals surface area contributed by atoms with Crippen LogP contribution in [0.5, 0.6) is 11.9 Å². The van der Waals surface area contributed by atoms with E-state index < -0.39 is 63.7 Å². The zero-order chi connectivity index (χ0) is 32.7. The molecule has 2 aromatic heterocycles. The molecule has 1 unspecified atom stereocenters.